The first-order valence-electron chi connectivity index (χ1n) is 8.06. The molecule has 7 nitrogen and oxygen atoms in total. The van der Waals surface area contributed by atoms with Crippen molar-refractivity contribution in [3.05, 3.63) is 65.2 Å². The fourth-order valence-electron chi connectivity index (χ4n) is 2.85. The first-order valence-corrected chi connectivity index (χ1v) is 8.06. The lowest BCUT2D eigenvalue weighted by Crippen LogP contribution is -2.36. The van der Waals surface area contributed by atoms with Crippen molar-refractivity contribution in [2.24, 2.45) is 0 Å². The van der Waals surface area contributed by atoms with Crippen molar-refractivity contribution in [3.8, 4) is 5.75 Å². The molecular weight excluding hydrogens is 340 g/mol. The largest absolute Gasteiger partial charge is 0.486 e. The van der Waals surface area contributed by atoms with Gasteiger partial charge in [0.1, 0.15) is 30.3 Å². The molecule has 1 fully saturated rings. The summed E-state index contributed by atoms with van der Waals surface area (Å²) < 4.78 is 16.7. The van der Waals surface area contributed by atoms with Gasteiger partial charge in [0.25, 0.3) is 0 Å². The quantitative estimate of drug-likeness (QED) is 0.784. The fraction of sp³-hybridized carbons (Fsp3) is 0.263. The van der Waals surface area contributed by atoms with E-state index < -0.39 is 18.0 Å². The van der Waals surface area contributed by atoms with E-state index in [-0.39, 0.29) is 29.8 Å². The van der Waals surface area contributed by atoms with Crippen molar-refractivity contribution >= 4 is 11.9 Å². The Labute approximate surface area is 149 Å². The molecule has 3 rings (SSSR count). The number of aromatic carboxylic acids is 2. The SMILES string of the molecule is O=C(O)c1cccc(OC(Cc2ccccc2)C2COCO2)c1C(=O)O. The maximum absolute atomic E-state index is 11.6. The van der Waals surface area contributed by atoms with E-state index >= 15 is 0 Å². The van der Waals surface area contributed by atoms with Crippen LogP contribution in [0.1, 0.15) is 26.3 Å². The summed E-state index contributed by atoms with van der Waals surface area (Å²) in [4.78, 5) is 23.0. The Morgan fingerprint density at radius 3 is 2.46 bits per heavy atom. The number of rotatable bonds is 7. The fourth-order valence-corrected chi connectivity index (χ4v) is 2.85. The van der Waals surface area contributed by atoms with Crippen molar-refractivity contribution < 1.29 is 34.0 Å². The summed E-state index contributed by atoms with van der Waals surface area (Å²) in [6.07, 6.45) is -0.446. The third-order valence-corrected chi connectivity index (χ3v) is 4.09. The highest BCUT2D eigenvalue weighted by Crippen LogP contribution is 2.27. The third-order valence-electron chi connectivity index (χ3n) is 4.09. The van der Waals surface area contributed by atoms with Crippen LogP contribution < -0.4 is 4.74 Å². The minimum atomic E-state index is -1.36. The average molecular weight is 358 g/mol. The van der Waals surface area contributed by atoms with E-state index in [4.69, 9.17) is 14.2 Å². The summed E-state index contributed by atoms with van der Waals surface area (Å²) >= 11 is 0. The molecule has 26 heavy (non-hydrogen) atoms. The van der Waals surface area contributed by atoms with Gasteiger partial charge >= 0.3 is 11.9 Å². The Morgan fingerprint density at radius 1 is 1.08 bits per heavy atom. The zero-order valence-electron chi connectivity index (χ0n) is 13.8. The molecule has 0 radical (unpaired) electrons. The molecule has 1 heterocycles. The summed E-state index contributed by atoms with van der Waals surface area (Å²) in [5.41, 5.74) is 0.285. The molecule has 0 bridgehead atoms. The van der Waals surface area contributed by atoms with E-state index in [1.54, 1.807) is 0 Å². The molecule has 0 aromatic heterocycles. The monoisotopic (exact) mass is 358 g/mol. The standard InChI is InChI=1S/C19H18O7/c20-18(21)13-7-4-8-14(17(13)19(22)23)26-15(16-10-24-11-25-16)9-12-5-2-1-3-6-12/h1-8,15-16H,9-11H2,(H,20,21)(H,22,23). The van der Waals surface area contributed by atoms with Crippen molar-refractivity contribution in [2.75, 3.05) is 13.4 Å². The second-order valence-electron chi connectivity index (χ2n) is 5.83. The maximum Gasteiger partial charge on any atom is 0.340 e. The second kappa shape index (κ2) is 7.99. The Bertz CT molecular complexity index is 782. The molecule has 2 aromatic carbocycles. The van der Waals surface area contributed by atoms with E-state index in [0.29, 0.717) is 13.0 Å². The Morgan fingerprint density at radius 2 is 1.85 bits per heavy atom. The predicted molar refractivity (Wildman–Crippen MR) is 90.6 cm³/mol. The van der Waals surface area contributed by atoms with Crippen LogP contribution in [-0.4, -0.2) is 47.8 Å². The molecule has 1 aliphatic heterocycles. The first-order chi connectivity index (χ1) is 12.6. The third kappa shape index (κ3) is 4.01. The molecule has 1 saturated heterocycles. The van der Waals surface area contributed by atoms with Crippen molar-refractivity contribution in [2.45, 2.75) is 18.6 Å². The highest BCUT2D eigenvalue weighted by atomic mass is 16.7. The van der Waals surface area contributed by atoms with Crippen LogP contribution in [0, 0.1) is 0 Å². The molecule has 2 unspecified atom stereocenters. The van der Waals surface area contributed by atoms with Crippen LogP contribution in [0.2, 0.25) is 0 Å². The smallest absolute Gasteiger partial charge is 0.340 e. The van der Waals surface area contributed by atoms with Crippen molar-refractivity contribution in [3.63, 3.8) is 0 Å². The molecule has 0 aliphatic carbocycles. The first kappa shape index (κ1) is 17.9. The van der Waals surface area contributed by atoms with Gasteiger partial charge in [-0.05, 0) is 17.7 Å². The number of carboxylic acids is 2. The van der Waals surface area contributed by atoms with Gasteiger partial charge in [0, 0.05) is 6.42 Å². The Balaban J connectivity index is 1.92. The summed E-state index contributed by atoms with van der Waals surface area (Å²) in [6, 6.07) is 13.7. The maximum atomic E-state index is 11.6. The van der Waals surface area contributed by atoms with E-state index in [1.165, 1.54) is 18.2 Å². The van der Waals surface area contributed by atoms with E-state index in [9.17, 15) is 19.8 Å². The molecule has 0 saturated carbocycles. The molecule has 0 spiro atoms. The van der Waals surface area contributed by atoms with Gasteiger partial charge in [0.05, 0.1) is 12.2 Å². The number of carbonyl (C=O) groups is 2. The topological polar surface area (TPSA) is 102 Å². The van der Waals surface area contributed by atoms with Crippen LogP contribution in [0.15, 0.2) is 48.5 Å². The minimum absolute atomic E-state index is 0.00571. The Kier molecular flexibility index (Phi) is 5.50. The van der Waals surface area contributed by atoms with E-state index in [2.05, 4.69) is 0 Å². The van der Waals surface area contributed by atoms with Gasteiger partial charge in [-0.3, -0.25) is 0 Å². The van der Waals surface area contributed by atoms with Gasteiger partial charge < -0.3 is 24.4 Å². The second-order valence-corrected chi connectivity index (χ2v) is 5.83. The van der Waals surface area contributed by atoms with Crippen LogP contribution in [0.5, 0.6) is 5.75 Å². The highest BCUT2D eigenvalue weighted by Gasteiger charge is 2.31. The summed E-state index contributed by atoms with van der Waals surface area (Å²) in [5.74, 6) is -2.69. The lowest BCUT2D eigenvalue weighted by atomic mass is 10.0. The van der Waals surface area contributed by atoms with Crippen LogP contribution in [0.4, 0.5) is 0 Å². The van der Waals surface area contributed by atoms with E-state index in [1.807, 2.05) is 30.3 Å². The molecule has 0 amide bonds. The zero-order valence-corrected chi connectivity index (χ0v) is 13.8. The number of ether oxygens (including phenoxy) is 3. The average Bonchev–Trinajstić information content (AvgIpc) is 3.16. The molecule has 2 atom stereocenters. The lowest BCUT2D eigenvalue weighted by molar-refractivity contribution is -0.0000416. The van der Waals surface area contributed by atoms with Gasteiger partial charge in [0.2, 0.25) is 0 Å². The molecule has 2 aromatic rings. The Hall–Kier alpha value is -2.90. The van der Waals surface area contributed by atoms with Crippen LogP contribution in [0.3, 0.4) is 0 Å². The van der Waals surface area contributed by atoms with E-state index in [0.717, 1.165) is 5.56 Å². The number of benzene rings is 2. The molecule has 136 valence electrons. The van der Waals surface area contributed by atoms with Crippen LogP contribution >= 0.6 is 0 Å². The normalized spacial score (nSPS) is 17.6. The van der Waals surface area contributed by atoms with Gasteiger partial charge in [0.15, 0.2) is 0 Å². The van der Waals surface area contributed by atoms with Crippen LogP contribution in [0.25, 0.3) is 0 Å². The minimum Gasteiger partial charge on any atom is -0.486 e. The van der Waals surface area contributed by atoms with Gasteiger partial charge in [-0.25, -0.2) is 9.59 Å². The number of carboxylic acid groups (broad SMARTS) is 2. The van der Waals surface area contributed by atoms with Gasteiger partial charge in [-0.1, -0.05) is 36.4 Å². The van der Waals surface area contributed by atoms with Crippen molar-refractivity contribution in [1.29, 1.82) is 0 Å². The summed E-state index contributed by atoms with van der Waals surface area (Å²) in [6.45, 7) is 0.457. The number of hydrogen-bond acceptors (Lipinski definition) is 5. The predicted octanol–water partition coefficient (Wildman–Crippen LogP) is 2.45. The lowest BCUT2D eigenvalue weighted by Gasteiger charge is -2.24. The van der Waals surface area contributed by atoms with Gasteiger partial charge in [-0.15, -0.1) is 0 Å². The summed E-state index contributed by atoms with van der Waals surface area (Å²) in [5, 5.41) is 18.7. The number of hydrogen-bond donors (Lipinski definition) is 2. The molecule has 1 aliphatic rings. The molecule has 7 heteroatoms. The summed E-state index contributed by atoms with van der Waals surface area (Å²) in [7, 11) is 0. The van der Waals surface area contributed by atoms with Gasteiger partial charge in [-0.2, -0.15) is 0 Å². The van der Waals surface area contributed by atoms with Crippen molar-refractivity contribution in [1.82, 2.24) is 0 Å². The zero-order chi connectivity index (χ0) is 18.5. The van der Waals surface area contributed by atoms with Crippen LogP contribution in [-0.2, 0) is 15.9 Å². The highest BCUT2D eigenvalue weighted by molar-refractivity contribution is 6.03. The molecule has 2 N–H and O–H groups in total. The molecular formula is C19H18O7.